The van der Waals surface area contributed by atoms with Crippen LogP contribution in [0.4, 0.5) is 5.13 Å². The van der Waals surface area contributed by atoms with Gasteiger partial charge in [-0.05, 0) is 6.42 Å². The Morgan fingerprint density at radius 3 is 2.53 bits per heavy atom. The first-order chi connectivity index (χ1) is 9.01. The molecule has 1 aromatic rings. The van der Waals surface area contributed by atoms with Crippen LogP contribution < -0.4 is 16.8 Å². The number of nitrogens with zero attached hydrogens (tertiary/aromatic N) is 2. The molecule has 8 heteroatoms. The Hall–Kier alpha value is -1.67. The van der Waals surface area contributed by atoms with Crippen molar-refractivity contribution in [2.45, 2.75) is 19.9 Å². The molecule has 0 fully saturated rings. The Bertz CT molecular complexity index is 418. The van der Waals surface area contributed by atoms with E-state index in [0.29, 0.717) is 6.54 Å². The molecule has 5 N–H and O–H groups in total. The van der Waals surface area contributed by atoms with Crippen LogP contribution in [0.3, 0.4) is 0 Å². The number of primary amides is 2. The summed E-state index contributed by atoms with van der Waals surface area (Å²) in [6, 6.07) is 0. The Labute approximate surface area is 116 Å². The molecule has 2 amide bonds. The highest BCUT2D eigenvalue weighted by atomic mass is 32.1. The normalized spacial score (nSPS) is 10.6. The van der Waals surface area contributed by atoms with Crippen LogP contribution in [0.1, 0.15) is 18.2 Å². The molecule has 0 spiro atoms. The van der Waals surface area contributed by atoms with E-state index in [-0.39, 0.29) is 13.1 Å². The number of thiazole rings is 1. The lowest BCUT2D eigenvalue weighted by atomic mass is 10.4. The fourth-order valence-corrected chi connectivity index (χ4v) is 2.40. The summed E-state index contributed by atoms with van der Waals surface area (Å²) in [6.07, 6.45) is 2.74. The largest absolute Gasteiger partial charge is 0.369 e. The van der Waals surface area contributed by atoms with Crippen molar-refractivity contribution >= 4 is 28.3 Å². The summed E-state index contributed by atoms with van der Waals surface area (Å²) in [5, 5.41) is 4.00. The van der Waals surface area contributed by atoms with Crippen LogP contribution in [0.15, 0.2) is 6.20 Å². The molecule has 0 aromatic carbocycles. The average molecular weight is 285 g/mol. The minimum atomic E-state index is -0.491. The molecule has 7 nitrogen and oxygen atoms in total. The Balaban J connectivity index is 2.59. The van der Waals surface area contributed by atoms with Crippen LogP contribution in [-0.4, -0.2) is 41.3 Å². The molecule has 106 valence electrons. The summed E-state index contributed by atoms with van der Waals surface area (Å²) in [7, 11) is 0. The second-order valence-electron chi connectivity index (χ2n) is 4.14. The highest BCUT2D eigenvalue weighted by molar-refractivity contribution is 7.15. The third-order valence-electron chi connectivity index (χ3n) is 2.22. The van der Waals surface area contributed by atoms with Crippen LogP contribution in [-0.2, 0) is 16.1 Å². The van der Waals surface area contributed by atoms with Gasteiger partial charge in [-0.1, -0.05) is 6.92 Å². The monoisotopic (exact) mass is 285 g/mol. The Morgan fingerprint density at radius 1 is 1.37 bits per heavy atom. The molecule has 0 aliphatic rings. The van der Waals surface area contributed by atoms with E-state index in [1.165, 1.54) is 11.3 Å². The molecule has 0 saturated carbocycles. The molecule has 1 heterocycles. The lowest BCUT2D eigenvalue weighted by Crippen LogP contribution is -2.38. The topological polar surface area (TPSA) is 114 Å². The van der Waals surface area contributed by atoms with Crippen LogP contribution in [0, 0.1) is 0 Å². The van der Waals surface area contributed by atoms with E-state index in [9.17, 15) is 9.59 Å². The van der Waals surface area contributed by atoms with Gasteiger partial charge < -0.3 is 16.8 Å². The van der Waals surface area contributed by atoms with Gasteiger partial charge in [0.2, 0.25) is 11.8 Å². The van der Waals surface area contributed by atoms with Crippen molar-refractivity contribution in [3.05, 3.63) is 11.1 Å². The van der Waals surface area contributed by atoms with Gasteiger partial charge >= 0.3 is 0 Å². The van der Waals surface area contributed by atoms with E-state index in [4.69, 9.17) is 11.5 Å². The number of nitrogens with one attached hydrogen (secondary N) is 1. The number of nitrogens with two attached hydrogens (primary N) is 2. The lowest BCUT2D eigenvalue weighted by Gasteiger charge is -2.17. The number of carbonyl (C=O) groups excluding carboxylic acids is 2. The molecule has 1 rings (SSSR count). The minimum Gasteiger partial charge on any atom is -0.369 e. The fraction of sp³-hybridized carbons (Fsp3) is 0.545. The molecule has 0 unspecified atom stereocenters. The molecule has 0 radical (unpaired) electrons. The van der Waals surface area contributed by atoms with E-state index < -0.39 is 11.8 Å². The van der Waals surface area contributed by atoms with Gasteiger partial charge in [-0.3, -0.25) is 14.5 Å². The van der Waals surface area contributed by atoms with Gasteiger partial charge in [0.25, 0.3) is 0 Å². The minimum absolute atomic E-state index is 0.00143. The van der Waals surface area contributed by atoms with Crippen molar-refractivity contribution < 1.29 is 9.59 Å². The molecule has 1 aromatic heterocycles. The van der Waals surface area contributed by atoms with Crippen molar-refractivity contribution in [3.63, 3.8) is 0 Å². The predicted octanol–water partition coefficient (Wildman–Crippen LogP) is -0.262. The highest BCUT2D eigenvalue weighted by Crippen LogP contribution is 2.19. The second-order valence-corrected chi connectivity index (χ2v) is 5.25. The molecule has 0 aliphatic carbocycles. The zero-order chi connectivity index (χ0) is 14.3. The second kappa shape index (κ2) is 7.70. The standard InChI is InChI=1S/C11H19N5O2S/c1-2-3-14-11-15-4-8(19-11)5-16(6-9(12)17)7-10(13)18/h4H,2-3,5-7H2,1H3,(H2,12,17)(H2,13,18)(H,14,15). The summed E-state index contributed by atoms with van der Waals surface area (Å²) < 4.78 is 0. The van der Waals surface area contributed by atoms with E-state index in [2.05, 4.69) is 17.2 Å². The third kappa shape index (κ3) is 6.16. The Kier molecular flexibility index (Phi) is 6.23. The van der Waals surface area contributed by atoms with Gasteiger partial charge in [0, 0.05) is 24.2 Å². The number of anilines is 1. The lowest BCUT2D eigenvalue weighted by molar-refractivity contribution is -0.122. The van der Waals surface area contributed by atoms with Crippen molar-refractivity contribution in [1.29, 1.82) is 0 Å². The maximum atomic E-state index is 10.9. The van der Waals surface area contributed by atoms with Crippen LogP contribution in [0.5, 0.6) is 0 Å². The van der Waals surface area contributed by atoms with E-state index in [0.717, 1.165) is 23.0 Å². The van der Waals surface area contributed by atoms with Crippen molar-refractivity contribution in [3.8, 4) is 0 Å². The van der Waals surface area contributed by atoms with Crippen LogP contribution >= 0.6 is 11.3 Å². The van der Waals surface area contributed by atoms with Crippen LogP contribution in [0.25, 0.3) is 0 Å². The molecule has 0 bridgehead atoms. The highest BCUT2D eigenvalue weighted by Gasteiger charge is 2.13. The first-order valence-electron chi connectivity index (χ1n) is 5.98. The summed E-state index contributed by atoms with van der Waals surface area (Å²) in [5.41, 5.74) is 10.3. The molecule has 19 heavy (non-hydrogen) atoms. The van der Waals surface area contributed by atoms with Gasteiger partial charge in [-0.25, -0.2) is 4.98 Å². The summed E-state index contributed by atoms with van der Waals surface area (Å²) in [6.45, 7) is 3.36. The van der Waals surface area contributed by atoms with Gasteiger partial charge in [-0.2, -0.15) is 0 Å². The SMILES string of the molecule is CCCNc1ncc(CN(CC(N)=O)CC(N)=O)s1. The molecular weight excluding hydrogens is 266 g/mol. The first kappa shape index (κ1) is 15.4. The smallest absolute Gasteiger partial charge is 0.231 e. The number of amides is 2. The van der Waals surface area contributed by atoms with Gasteiger partial charge in [0.15, 0.2) is 5.13 Å². The predicted molar refractivity (Wildman–Crippen MR) is 74.6 cm³/mol. The third-order valence-corrected chi connectivity index (χ3v) is 3.16. The maximum absolute atomic E-state index is 10.9. The summed E-state index contributed by atoms with van der Waals surface area (Å²) in [4.78, 5) is 28.6. The number of hydrogen-bond acceptors (Lipinski definition) is 6. The molecule has 0 atom stereocenters. The summed E-state index contributed by atoms with van der Waals surface area (Å²) in [5.74, 6) is -0.981. The zero-order valence-electron chi connectivity index (χ0n) is 10.9. The number of rotatable bonds is 9. The number of aromatic nitrogens is 1. The fourth-order valence-electron chi connectivity index (χ4n) is 1.52. The van der Waals surface area contributed by atoms with Crippen molar-refractivity contribution in [2.75, 3.05) is 25.0 Å². The molecular formula is C11H19N5O2S. The number of hydrogen-bond donors (Lipinski definition) is 3. The summed E-state index contributed by atoms with van der Waals surface area (Å²) >= 11 is 1.49. The molecule has 0 aliphatic heterocycles. The number of carbonyl (C=O) groups is 2. The molecule has 0 saturated heterocycles. The average Bonchev–Trinajstić information content (AvgIpc) is 2.72. The quantitative estimate of drug-likeness (QED) is 0.578. The van der Waals surface area contributed by atoms with E-state index >= 15 is 0 Å². The van der Waals surface area contributed by atoms with Gasteiger partial charge in [0.1, 0.15) is 0 Å². The van der Waals surface area contributed by atoms with E-state index in [1.807, 2.05) is 0 Å². The maximum Gasteiger partial charge on any atom is 0.231 e. The van der Waals surface area contributed by atoms with Crippen LogP contribution in [0.2, 0.25) is 0 Å². The van der Waals surface area contributed by atoms with Crippen molar-refractivity contribution in [1.82, 2.24) is 9.88 Å². The van der Waals surface area contributed by atoms with Gasteiger partial charge in [-0.15, -0.1) is 11.3 Å². The zero-order valence-corrected chi connectivity index (χ0v) is 11.7. The first-order valence-corrected chi connectivity index (χ1v) is 6.80. The van der Waals surface area contributed by atoms with E-state index in [1.54, 1.807) is 11.1 Å². The van der Waals surface area contributed by atoms with Crippen molar-refractivity contribution in [2.24, 2.45) is 11.5 Å². The Morgan fingerprint density at radius 2 is 2.00 bits per heavy atom. The van der Waals surface area contributed by atoms with Gasteiger partial charge in [0.05, 0.1) is 13.1 Å².